The molecular weight excluding hydrogens is 430 g/mol. The van der Waals surface area contributed by atoms with Gasteiger partial charge in [-0.15, -0.1) is 0 Å². The van der Waals surface area contributed by atoms with Crippen LogP contribution in [0.15, 0.2) is 53.6 Å². The molecule has 0 radical (unpaired) electrons. The van der Waals surface area contributed by atoms with E-state index in [1.165, 1.54) is 0 Å². The summed E-state index contributed by atoms with van der Waals surface area (Å²) in [4.78, 5) is 39.1. The van der Waals surface area contributed by atoms with Crippen LogP contribution in [0.1, 0.15) is 37.1 Å². The molecular formula is C26H31N5O3. The molecule has 3 heterocycles. The molecule has 0 spiro atoms. The standard InChI is InChI=1S/C26H31N5O3/c1-17-14-31(15-18(2)34-17)16-21-6-4-5-7-23(21)29-24(32)9-8-22-19(3)28-25(30-26(22)33)20-10-12-27-13-11-20/h4-7,10-13,17-18H,8-9,14-16H2,1-3H3,(H,29,32)(H,28,30,33). The quantitative estimate of drug-likeness (QED) is 0.560. The van der Waals surface area contributed by atoms with Crippen molar-refractivity contribution in [2.75, 3.05) is 18.4 Å². The largest absolute Gasteiger partial charge is 0.373 e. The van der Waals surface area contributed by atoms with Crippen LogP contribution in [0.25, 0.3) is 11.4 Å². The Kier molecular flexibility index (Phi) is 7.49. The van der Waals surface area contributed by atoms with Gasteiger partial charge in [0.15, 0.2) is 0 Å². The van der Waals surface area contributed by atoms with Gasteiger partial charge in [0.05, 0.1) is 12.2 Å². The molecule has 4 rings (SSSR count). The highest BCUT2D eigenvalue weighted by Gasteiger charge is 2.23. The summed E-state index contributed by atoms with van der Waals surface area (Å²) in [5.41, 5.74) is 3.59. The highest BCUT2D eigenvalue weighted by Crippen LogP contribution is 2.21. The van der Waals surface area contributed by atoms with Crippen LogP contribution < -0.4 is 10.9 Å². The second-order valence-electron chi connectivity index (χ2n) is 8.87. The van der Waals surface area contributed by atoms with Crippen molar-refractivity contribution in [3.63, 3.8) is 0 Å². The number of para-hydroxylation sites is 1. The number of rotatable bonds is 7. The first-order valence-corrected chi connectivity index (χ1v) is 11.6. The van der Waals surface area contributed by atoms with E-state index in [0.29, 0.717) is 23.5 Å². The number of aryl methyl sites for hydroxylation is 1. The molecule has 2 N–H and O–H groups in total. The molecule has 3 aromatic rings. The van der Waals surface area contributed by atoms with Gasteiger partial charge in [-0.3, -0.25) is 19.5 Å². The van der Waals surface area contributed by atoms with Gasteiger partial charge >= 0.3 is 0 Å². The van der Waals surface area contributed by atoms with Gasteiger partial charge in [-0.05, 0) is 51.0 Å². The average Bonchev–Trinajstić information content (AvgIpc) is 2.79. The topological polar surface area (TPSA) is 100 Å². The van der Waals surface area contributed by atoms with Crippen LogP contribution in [0.4, 0.5) is 5.69 Å². The minimum Gasteiger partial charge on any atom is -0.373 e. The van der Waals surface area contributed by atoms with Crippen LogP contribution in [-0.2, 0) is 22.5 Å². The van der Waals surface area contributed by atoms with E-state index in [9.17, 15) is 9.59 Å². The predicted molar refractivity (Wildman–Crippen MR) is 132 cm³/mol. The number of benzene rings is 1. The molecule has 1 amide bonds. The number of carbonyl (C=O) groups excluding carboxylic acids is 1. The highest BCUT2D eigenvalue weighted by atomic mass is 16.5. The number of morpholine rings is 1. The van der Waals surface area contributed by atoms with Crippen LogP contribution in [0, 0.1) is 6.92 Å². The van der Waals surface area contributed by atoms with Gasteiger partial charge in [-0.2, -0.15) is 0 Å². The number of pyridine rings is 1. The summed E-state index contributed by atoms with van der Waals surface area (Å²) in [6, 6.07) is 11.4. The molecule has 34 heavy (non-hydrogen) atoms. The fourth-order valence-corrected chi connectivity index (χ4v) is 4.44. The van der Waals surface area contributed by atoms with Crippen molar-refractivity contribution in [2.24, 2.45) is 0 Å². The maximum absolute atomic E-state index is 12.8. The molecule has 1 aliphatic rings. The lowest BCUT2D eigenvalue weighted by Crippen LogP contribution is -2.44. The van der Waals surface area contributed by atoms with E-state index < -0.39 is 0 Å². The minimum absolute atomic E-state index is 0.131. The third-order valence-electron chi connectivity index (χ3n) is 5.96. The minimum atomic E-state index is -0.219. The fraction of sp³-hybridized carbons (Fsp3) is 0.385. The number of hydrogen-bond acceptors (Lipinski definition) is 6. The van der Waals surface area contributed by atoms with E-state index >= 15 is 0 Å². The normalized spacial score (nSPS) is 18.6. The number of H-pyrrole nitrogens is 1. The molecule has 1 aliphatic heterocycles. The lowest BCUT2D eigenvalue weighted by atomic mass is 10.1. The zero-order valence-corrected chi connectivity index (χ0v) is 19.9. The number of aromatic amines is 1. The van der Waals surface area contributed by atoms with Crippen LogP contribution >= 0.6 is 0 Å². The lowest BCUT2D eigenvalue weighted by Gasteiger charge is -2.35. The molecule has 0 bridgehead atoms. The number of nitrogens with zero attached hydrogens (tertiary/aromatic N) is 3. The second kappa shape index (κ2) is 10.7. The first kappa shape index (κ1) is 23.8. The number of amides is 1. The van der Waals surface area contributed by atoms with Gasteiger partial charge in [0.1, 0.15) is 5.82 Å². The Balaban J connectivity index is 1.40. The number of carbonyl (C=O) groups is 1. The molecule has 8 nitrogen and oxygen atoms in total. The number of hydrogen-bond donors (Lipinski definition) is 2. The predicted octanol–water partition coefficient (Wildman–Crippen LogP) is 3.32. The van der Waals surface area contributed by atoms with E-state index in [-0.39, 0.29) is 30.1 Å². The Morgan fingerprint density at radius 1 is 1.15 bits per heavy atom. The Hall–Kier alpha value is -3.36. The number of ether oxygens (including phenoxy) is 1. The zero-order valence-electron chi connectivity index (χ0n) is 19.9. The monoisotopic (exact) mass is 461 g/mol. The van der Waals surface area contributed by atoms with Crippen molar-refractivity contribution in [1.29, 1.82) is 0 Å². The van der Waals surface area contributed by atoms with Gasteiger partial charge in [0, 0.05) is 61.0 Å². The Morgan fingerprint density at radius 3 is 2.56 bits per heavy atom. The zero-order chi connectivity index (χ0) is 24.1. The first-order chi connectivity index (χ1) is 16.4. The van der Waals surface area contributed by atoms with Crippen LogP contribution in [0.3, 0.4) is 0 Å². The highest BCUT2D eigenvalue weighted by molar-refractivity contribution is 5.91. The summed E-state index contributed by atoms with van der Waals surface area (Å²) in [7, 11) is 0. The molecule has 2 unspecified atom stereocenters. The fourth-order valence-electron chi connectivity index (χ4n) is 4.44. The van der Waals surface area contributed by atoms with E-state index in [0.717, 1.165) is 36.4 Å². The summed E-state index contributed by atoms with van der Waals surface area (Å²) < 4.78 is 5.83. The number of nitrogens with one attached hydrogen (secondary N) is 2. The van der Waals surface area contributed by atoms with E-state index in [2.05, 4.69) is 39.0 Å². The van der Waals surface area contributed by atoms with Gasteiger partial charge in [-0.25, -0.2) is 4.98 Å². The Bertz CT molecular complexity index is 1180. The maximum Gasteiger partial charge on any atom is 0.254 e. The second-order valence-corrected chi connectivity index (χ2v) is 8.87. The average molecular weight is 462 g/mol. The van der Waals surface area contributed by atoms with Crippen LogP contribution in [-0.4, -0.2) is 51.1 Å². The molecule has 2 atom stereocenters. The van der Waals surface area contributed by atoms with Crippen molar-refractivity contribution in [3.05, 3.63) is 76.0 Å². The van der Waals surface area contributed by atoms with Crippen molar-refractivity contribution in [2.45, 2.75) is 52.4 Å². The van der Waals surface area contributed by atoms with Gasteiger partial charge in [0.2, 0.25) is 5.91 Å². The number of aromatic nitrogens is 3. The summed E-state index contributed by atoms with van der Waals surface area (Å²) in [5.74, 6) is 0.368. The lowest BCUT2D eigenvalue weighted by molar-refractivity contribution is -0.116. The van der Waals surface area contributed by atoms with Crippen LogP contribution in [0.2, 0.25) is 0 Å². The van der Waals surface area contributed by atoms with E-state index in [1.54, 1.807) is 31.5 Å². The molecule has 1 fully saturated rings. The Morgan fingerprint density at radius 2 is 1.85 bits per heavy atom. The van der Waals surface area contributed by atoms with E-state index in [1.807, 2.05) is 24.3 Å². The first-order valence-electron chi connectivity index (χ1n) is 11.6. The third-order valence-corrected chi connectivity index (χ3v) is 5.96. The van der Waals surface area contributed by atoms with Crippen molar-refractivity contribution in [3.8, 4) is 11.4 Å². The van der Waals surface area contributed by atoms with Gasteiger partial charge < -0.3 is 15.0 Å². The smallest absolute Gasteiger partial charge is 0.254 e. The summed E-state index contributed by atoms with van der Waals surface area (Å²) in [5, 5.41) is 3.03. The number of anilines is 1. The maximum atomic E-state index is 12.8. The SMILES string of the molecule is Cc1nc(-c2ccncc2)[nH]c(=O)c1CCC(=O)Nc1ccccc1CN1CC(C)OC(C)C1. The molecule has 2 aromatic heterocycles. The summed E-state index contributed by atoms with van der Waals surface area (Å²) in [6.07, 6.45) is 4.19. The van der Waals surface area contributed by atoms with Crippen molar-refractivity contribution >= 4 is 11.6 Å². The third kappa shape index (κ3) is 5.95. The van der Waals surface area contributed by atoms with Crippen molar-refractivity contribution < 1.29 is 9.53 Å². The van der Waals surface area contributed by atoms with Crippen molar-refractivity contribution in [1.82, 2.24) is 19.9 Å². The summed E-state index contributed by atoms with van der Waals surface area (Å²) >= 11 is 0. The molecule has 1 saturated heterocycles. The van der Waals surface area contributed by atoms with Gasteiger partial charge in [-0.1, -0.05) is 18.2 Å². The molecule has 8 heteroatoms. The Labute approximate surface area is 199 Å². The molecule has 0 aliphatic carbocycles. The van der Waals surface area contributed by atoms with E-state index in [4.69, 9.17) is 4.74 Å². The molecule has 0 saturated carbocycles. The van der Waals surface area contributed by atoms with Crippen LogP contribution in [0.5, 0.6) is 0 Å². The molecule has 178 valence electrons. The van der Waals surface area contributed by atoms with Gasteiger partial charge in [0.25, 0.3) is 5.56 Å². The summed E-state index contributed by atoms with van der Waals surface area (Å²) in [6.45, 7) is 8.42. The molecule has 1 aromatic carbocycles.